The van der Waals surface area contributed by atoms with E-state index in [0.717, 1.165) is 15.7 Å². The molecule has 3 heterocycles. The maximum Gasteiger partial charge on any atom is 0.343 e. The van der Waals surface area contributed by atoms with E-state index in [9.17, 15) is 10.1 Å². The highest BCUT2D eigenvalue weighted by Crippen LogP contribution is 2.18. The van der Waals surface area contributed by atoms with Crippen LogP contribution in [0.5, 0.6) is 0 Å². The Morgan fingerprint density at radius 1 is 1.03 bits per heavy atom. The van der Waals surface area contributed by atoms with Crippen LogP contribution < -0.4 is 0 Å². The lowest BCUT2D eigenvalue weighted by molar-refractivity contribution is -0.392. The number of benzene rings is 1. The molecule has 0 fully saturated rings. The molecule has 4 aromatic rings. The van der Waals surface area contributed by atoms with Gasteiger partial charge in [-0.15, -0.1) is 5.10 Å². The Morgan fingerprint density at radius 3 is 2.60 bits per heavy atom. The lowest BCUT2D eigenvalue weighted by Gasteiger charge is -2.03. The normalized spacial score (nSPS) is 11.2. The number of imidazole rings is 1. The number of hydrogen-bond donors (Lipinski definition) is 0. The summed E-state index contributed by atoms with van der Waals surface area (Å²) >= 11 is 3.40. The summed E-state index contributed by atoms with van der Waals surface area (Å²) in [5.41, 5.74) is 2.33. The van der Waals surface area contributed by atoms with Gasteiger partial charge in [0.15, 0.2) is 0 Å². The minimum atomic E-state index is -0.440. The molecule has 0 saturated heterocycles. The molecule has 1 aromatic carbocycles. The third-order valence-corrected chi connectivity index (χ3v) is 4.89. The second-order valence-corrected chi connectivity index (χ2v) is 7.27. The maximum atomic E-state index is 11.4. The van der Waals surface area contributed by atoms with Gasteiger partial charge >= 0.3 is 5.82 Å². The number of aromatic nitrogens is 6. The molecule has 4 rings (SSSR count). The van der Waals surface area contributed by atoms with Crippen molar-refractivity contribution in [2.75, 3.05) is 0 Å². The average molecular weight is 466 g/mol. The second kappa shape index (κ2) is 8.78. The molecule has 30 heavy (non-hydrogen) atoms. The summed E-state index contributed by atoms with van der Waals surface area (Å²) in [4.78, 5) is 19.4. The molecule has 0 spiro atoms. The first-order valence-corrected chi connectivity index (χ1v) is 9.84. The van der Waals surface area contributed by atoms with Crippen LogP contribution in [0.25, 0.3) is 23.5 Å². The van der Waals surface area contributed by atoms with Crippen LogP contribution in [0.3, 0.4) is 0 Å². The topological polar surface area (TPSA) is 105 Å². The summed E-state index contributed by atoms with van der Waals surface area (Å²) in [5.74, 6) is 0.421. The number of hydrogen-bond acceptors (Lipinski definition) is 6. The number of halogens is 1. The van der Waals surface area contributed by atoms with Crippen LogP contribution in [0.2, 0.25) is 0 Å². The highest BCUT2D eigenvalue weighted by atomic mass is 79.9. The SMILES string of the molecule is O=[N+]([O-])c1cnc(/C=C/c2ccc(Br)cc2)n1CCn1cc(-c2ccccn2)nn1. The van der Waals surface area contributed by atoms with Crippen molar-refractivity contribution in [2.45, 2.75) is 13.1 Å². The van der Waals surface area contributed by atoms with Gasteiger partial charge in [-0.1, -0.05) is 39.3 Å². The van der Waals surface area contributed by atoms with Gasteiger partial charge in [-0.05, 0) is 40.8 Å². The Balaban J connectivity index is 1.53. The van der Waals surface area contributed by atoms with Crippen LogP contribution >= 0.6 is 15.9 Å². The molecule has 0 atom stereocenters. The molecular weight excluding hydrogens is 450 g/mol. The third-order valence-electron chi connectivity index (χ3n) is 4.37. The number of rotatable bonds is 7. The molecule has 0 aliphatic rings. The van der Waals surface area contributed by atoms with Gasteiger partial charge in [0.1, 0.15) is 18.4 Å². The molecule has 10 heteroatoms. The lowest BCUT2D eigenvalue weighted by Crippen LogP contribution is -2.11. The Labute approximate surface area is 180 Å². The molecule has 0 saturated carbocycles. The first-order valence-electron chi connectivity index (χ1n) is 9.05. The summed E-state index contributed by atoms with van der Waals surface area (Å²) in [7, 11) is 0. The number of aryl methyl sites for hydroxylation is 1. The average Bonchev–Trinajstić information content (AvgIpc) is 3.39. The fourth-order valence-corrected chi connectivity index (χ4v) is 3.14. The molecule has 0 N–H and O–H groups in total. The smallest absolute Gasteiger partial charge is 0.343 e. The largest absolute Gasteiger partial charge is 0.358 e. The Morgan fingerprint density at radius 2 is 1.87 bits per heavy atom. The van der Waals surface area contributed by atoms with E-state index in [0.29, 0.717) is 24.6 Å². The Hall–Kier alpha value is -3.66. The van der Waals surface area contributed by atoms with Crippen LogP contribution in [-0.2, 0) is 13.1 Å². The van der Waals surface area contributed by atoms with Crippen LogP contribution in [0.4, 0.5) is 5.82 Å². The zero-order chi connectivity index (χ0) is 20.9. The van der Waals surface area contributed by atoms with Crippen molar-refractivity contribution in [3.63, 3.8) is 0 Å². The summed E-state index contributed by atoms with van der Waals surface area (Å²) in [6, 6.07) is 13.3. The summed E-state index contributed by atoms with van der Waals surface area (Å²) in [6.07, 6.45) is 8.35. The van der Waals surface area contributed by atoms with Gasteiger partial charge in [0.25, 0.3) is 0 Å². The highest BCUT2D eigenvalue weighted by molar-refractivity contribution is 9.10. The van der Waals surface area contributed by atoms with Gasteiger partial charge in [-0.2, -0.15) is 0 Å². The van der Waals surface area contributed by atoms with Crippen molar-refractivity contribution < 1.29 is 4.92 Å². The molecule has 0 amide bonds. The van der Waals surface area contributed by atoms with E-state index in [1.165, 1.54) is 6.20 Å². The lowest BCUT2D eigenvalue weighted by atomic mass is 10.2. The van der Waals surface area contributed by atoms with E-state index in [1.807, 2.05) is 48.5 Å². The first-order chi connectivity index (χ1) is 14.6. The van der Waals surface area contributed by atoms with Gasteiger partial charge < -0.3 is 10.1 Å². The standard InChI is InChI=1S/C20H16BrN7O2/c21-16-7-4-15(5-8-16)6-9-19-23-13-20(28(29)30)27(19)12-11-26-14-18(24-25-26)17-3-1-2-10-22-17/h1-10,13-14H,11-12H2/b9-6+. The van der Waals surface area contributed by atoms with Crippen molar-refractivity contribution in [2.24, 2.45) is 0 Å². The van der Waals surface area contributed by atoms with Gasteiger partial charge in [-0.25, -0.2) is 14.2 Å². The summed E-state index contributed by atoms with van der Waals surface area (Å²) < 4.78 is 4.17. The molecule has 0 unspecified atom stereocenters. The van der Waals surface area contributed by atoms with Gasteiger partial charge in [0.2, 0.25) is 5.82 Å². The fourth-order valence-electron chi connectivity index (χ4n) is 2.87. The summed E-state index contributed by atoms with van der Waals surface area (Å²) in [5, 5.41) is 19.6. The molecular formula is C20H16BrN7O2. The van der Waals surface area contributed by atoms with Gasteiger partial charge in [0.05, 0.1) is 18.4 Å². The molecule has 3 aromatic heterocycles. The monoisotopic (exact) mass is 465 g/mol. The van der Waals surface area contributed by atoms with Crippen molar-refractivity contribution in [3.05, 3.63) is 87.0 Å². The zero-order valence-corrected chi connectivity index (χ0v) is 17.3. The second-order valence-electron chi connectivity index (χ2n) is 6.35. The van der Waals surface area contributed by atoms with E-state index in [2.05, 4.69) is 36.2 Å². The van der Waals surface area contributed by atoms with Crippen LogP contribution in [-0.4, -0.2) is 34.5 Å². The predicted molar refractivity (Wildman–Crippen MR) is 115 cm³/mol. The number of nitro groups is 1. The zero-order valence-electron chi connectivity index (χ0n) is 15.7. The summed E-state index contributed by atoms with van der Waals surface area (Å²) in [6.45, 7) is 0.720. The van der Waals surface area contributed by atoms with E-state index < -0.39 is 4.92 Å². The molecule has 0 radical (unpaired) electrons. The van der Waals surface area contributed by atoms with Crippen LogP contribution in [0.15, 0.2) is 65.5 Å². The van der Waals surface area contributed by atoms with E-state index in [4.69, 9.17) is 0 Å². The predicted octanol–water partition coefficient (Wildman–Crippen LogP) is 4.08. The third kappa shape index (κ3) is 4.49. The van der Waals surface area contributed by atoms with Crippen molar-refractivity contribution >= 4 is 33.9 Å². The molecule has 0 bridgehead atoms. The van der Waals surface area contributed by atoms with Crippen LogP contribution in [0.1, 0.15) is 11.4 Å². The molecule has 0 aliphatic heterocycles. The van der Waals surface area contributed by atoms with Crippen molar-refractivity contribution in [1.29, 1.82) is 0 Å². The molecule has 9 nitrogen and oxygen atoms in total. The molecule has 150 valence electrons. The fraction of sp³-hybridized carbons (Fsp3) is 0.100. The van der Waals surface area contributed by atoms with Gasteiger partial charge in [0, 0.05) is 16.7 Å². The number of pyridine rings is 1. The van der Waals surface area contributed by atoms with Crippen molar-refractivity contribution in [1.82, 2.24) is 29.5 Å². The van der Waals surface area contributed by atoms with E-state index in [1.54, 1.807) is 27.7 Å². The Kier molecular flexibility index (Phi) is 5.75. The highest BCUT2D eigenvalue weighted by Gasteiger charge is 2.19. The van der Waals surface area contributed by atoms with Crippen molar-refractivity contribution in [3.8, 4) is 11.4 Å². The first kappa shape index (κ1) is 19.6. The number of nitrogens with zero attached hydrogens (tertiary/aromatic N) is 7. The van der Waals surface area contributed by atoms with E-state index in [-0.39, 0.29) is 5.82 Å². The quantitative estimate of drug-likeness (QED) is 0.300. The van der Waals surface area contributed by atoms with E-state index >= 15 is 0 Å². The van der Waals surface area contributed by atoms with Gasteiger partial charge in [-0.3, -0.25) is 4.98 Å². The molecule has 0 aliphatic carbocycles. The van der Waals surface area contributed by atoms with Crippen LogP contribution in [0, 0.1) is 10.1 Å². The minimum absolute atomic E-state index is 0.0736. The Bertz CT molecular complexity index is 1180. The maximum absolute atomic E-state index is 11.4. The minimum Gasteiger partial charge on any atom is -0.358 e.